The van der Waals surface area contributed by atoms with Crippen molar-refractivity contribution in [2.45, 2.75) is 65.0 Å². The predicted molar refractivity (Wildman–Crippen MR) is 96.2 cm³/mol. The predicted octanol–water partition coefficient (Wildman–Crippen LogP) is 3.51. The smallest absolute Gasteiger partial charge is 0.123 e. The summed E-state index contributed by atoms with van der Waals surface area (Å²) in [4.78, 5) is 4.19. The van der Waals surface area contributed by atoms with E-state index in [1.165, 1.54) is 17.7 Å². The Bertz CT molecular complexity index is 524. The molecule has 5 heteroatoms. The number of hydrogen-bond acceptors (Lipinski definition) is 4. The van der Waals surface area contributed by atoms with Gasteiger partial charge < -0.3 is 5.11 Å². The van der Waals surface area contributed by atoms with Gasteiger partial charge in [-0.25, -0.2) is 9.82 Å². The monoisotopic (exact) mass is 335 g/mol. The van der Waals surface area contributed by atoms with Crippen molar-refractivity contribution in [3.8, 4) is 0 Å². The highest BCUT2D eigenvalue weighted by Gasteiger charge is 2.34. The number of aliphatic imine (C=N–C) groups is 1. The highest BCUT2D eigenvalue weighted by molar-refractivity contribution is 5.56. The number of unbranched alkanes of at least 4 members (excludes halogenated alkanes) is 2. The lowest BCUT2D eigenvalue weighted by Crippen LogP contribution is -2.51. The van der Waals surface area contributed by atoms with Crippen molar-refractivity contribution >= 4 is 6.34 Å². The van der Waals surface area contributed by atoms with Crippen LogP contribution in [0.15, 0.2) is 29.3 Å². The highest BCUT2D eigenvalue weighted by Crippen LogP contribution is 2.27. The Balaban J connectivity index is 1.78. The fraction of sp³-hybridized carbons (Fsp3) is 0.632. The molecule has 134 valence electrons. The zero-order chi connectivity index (χ0) is 17.6. The van der Waals surface area contributed by atoms with E-state index in [1.807, 2.05) is 17.1 Å². The highest BCUT2D eigenvalue weighted by atomic mass is 19.1. The standard InChI is InChI=1S/C19H30FN3O/c1-19(2,3)18(24)17(23-14-21-13-22-23)8-6-4-5-7-15-9-11-16(20)12-10-15/h9-12,14,17-18,22,24H,4-8,13H2,1-3H3. The normalized spacial score (nSPS) is 17.3. The number of aliphatic hydroxyl groups excluding tert-OH is 1. The first-order valence-corrected chi connectivity index (χ1v) is 8.82. The van der Waals surface area contributed by atoms with E-state index in [4.69, 9.17) is 0 Å². The number of nitrogens with one attached hydrogen (secondary N) is 1. The Morgan fingerprint density at radius 1 is 1.21 bits per heavy atom. The molecule has 0 spiro atoms. The zero-order valence-corrected chi connectivity index (χ0v) is 15.0. The van der Waals surface area contributed by atoms with E-state index in [1.54, 1.807) is 6.34 Å². The fourth-order valence-electron chi connectivity index (χ4n) is 3.03. The summed E-state index contributed by atoms with van der Waals surface area (Å²) in [5.74, 6) is -0.183. The third kappa shape index (κ3) is 5.56. The molecule has 0 amide bonds. The van der Waals surface area contributed by atoms with E-state index >= 15 is 0 Å². The summed E-state index contributed by atoms with van der Waals surface area (Å²) in [6.07, 6.45) is 6.47. The van der Waals surface area contributed by atoms with Crippen LogP contribution in [0, 0.1) is 11.2 Å². The van der Waals surface area contributed by atoms with Gasteiger partial charge in [0.2, 0.25) is 0 Å². The van der Waals surface area contributed by atoms with Gasteiger partial charge in [0.25, 0.3) is 0 Å². The second-order valence-electron chi connectivity index (χ2n) is 7.63. The average Bonchev–Trinajstić information content (AvgIpc) is 3.05. The van der Waals surface area contributed by atoms with Crippen LogP contribution in [-0.4, -0.2) is 35.3 Å². The summed E-state index contributed by atoms with van der Waals surface area (Å²) in [5, 5.41) is 12.6. The lowest BCUT2D eigenvalue weighted by atomic mass is 9.82. The number of hydrogen-bond donors (Lipinski definition) is 2. The van der Waals surface area contributed by atoms with Crippen LogP contribution >= 0.6 is 0 Å². The quantitative estimate of drug-likeness (QED) is 0.715. The van der Waals surface area contributed by atoms with Gasteiger partial charge in [-0.05, 0) is 42.4 Å². The summed E-state index contributed by atoms with van der Waals surface area (Å²) >= 11 is 0. The SMILES string of the molecule is CC(C)(C)C(O)C(CCCCCc1ccc(F)cc1)N1C=NCN1. The maximum atomic E-state index is 12.9. The molecular formula is C19H30FN3O. The van der Waals surface area contributed by atoms with Gasteiger partial charge >= 0.3 is 0 Å². The van der Waals surface area contributed by atoms with E-state index in [2.05, 4.69) is 31.2 Å². The minimum Gasteiger partial charge on any atom is -0.390 e. The van der Waals surface area contributed by atoms with Crippen molar-refractivity contribution in [3.05, 3.63) is 35.6 Å². The van der Waals surface area contributed by atoms with Crippen molar-refractivity contribution in [1.82, 2.24) is 10.4 Å². The lowest BCUT2D eigenvalue weighted by Gasteiger charge is -2.37. The minimum atomic E-state index is -0.424. The van der Waals surface area contributed by atoms with Crippen molar-refractivity contribution in [2.75, 3.05) is 6.67 Å². The first-order chi connectivity index (χ1) is 11.4. The number of nitrogens with zero attached hydrogens (tertiary/aromatic N) is 2. The molecule has 4 nitrogen and oxygen atoms in total. The van der Waals surface area contributed by atoms with Gasteiger partial charge in [0, 0.05) is 0 Å². The maximum Gasteiger partial charge on any atom is 0.123 e. The van der Waals surface area contributed by atoms with Gasteiger partial charge in [-0.3, -0.25) is 10.0 Å². The van der Waals surface area contributed by atoms with Crippen molar-refractivity contribution < 1.29 is 9.50 Å². The Morgan fingerprint density at radius 3 is 2.50 bits per heavy atom. The minimum absolute atomic E-state index is 0.0297. The topological polar surface area (TPSA) is 47.9 Å². The molecule has 1 heterocycles. The number of aliphatic hydroxyl groups is 1. The number of hydrazine groups is 1. The first-order valence-electron chi connectivity index (χ1n) is 8.82. The first kappa shape index (κ1) is 18.9. The Hall–Kier alpha value is -1.46. The van der Waals surface area contributed by atoms with Gasteiger partial charge in [0.05, 0.1) is 12.1 Å². The van der Waals surface area contributed by atoms with E-state index in [0.717, 1.165) is 32.1 Å². The number of aryl methyl sites for hydroxylation is 1. The maximum absolute atomic E-state index is 12.9. The van der Waals surface area contributed by atoms with E-state index in [-0.39, 0.29) is 17.3 Å². The fourth-order valence-corrected chi connectivity index (χ4v) is 3.03. The summed E-state index contributed by atoms with van der Waals surface area (Å²) in [7, 11) is 0. The van der Waals surface area contributed by atoms with Gasteiger partial charge in [0.1, 0.15) is 18.8 Å². The van der Waals surface area contributed by atoms with Crippen molar-refractivity contribution in [1.29, 1.82) is 0 Å². The zero-order valence-electron chi connectivity index (χ0n) is 15.0. The molecule has 1 aliphatic heterocycles. The van der Waals surface area contributed by atoms with Crippen LogP contribution in [0.3, 0.4) is 0 Å². The van der Waals surface area contributed by atoms with Gasteiger partial charge in [-0.1, -0.05) is 45.7 Å². The molecular weight excluding hydrogens is 305 g/mol. The molecule has 2 rings (SSSR count). The van der Waals surface area contributed by atoms with E-state index in [0.29, 0.717) is 6.67 Å². The third-order valence-corrected chi connectivity index (χ3v) is 4.54. The summed E-state index contributed by atoms with van der Waals surface area (Å²) in [6.45, 7) is 6.77. The van der Waals surface area contributed by atoms with Crippen LogP contribution in [0.5, 0.6) is 0 Å². The number of halogens is 1. The van der Waals surface area contributed by atoms with Crippen LogP contribution in [0.1, 0.15) is 52.0 Å². The average molecular weight is 335 g/mol. The van der Waals surface area contributed by atoms with Crippen LogP contribution < -0.4 is 5.43 Å². The molecule has 0 fully saturated rings. The van der Waals surface area contributed by atoms with Crippen molar-refractivity contribution in [2.24, 2.45) is 10.4 Å². The molecule has 0 aliphatic carbocycles. The molecule has 24 heavy (non-hydrogen) atoms. The molecule has 2 unspecified atom stereocenters. The molecule has 0 saturated heterocycles. The number of benzene rings is 1. The summed E-state index contributed by atoms with van der Waals surface area (Å²) < 4.78 is 12.9. The molecule has 0 radical (unpaired) electrons. The molecule has 2 N–H and O–H groups in total. The molecule has 1 aromatic carbocycles. The second-order valence-corrected chi connectivity index (χ2v) is 7.63. The van der Waals surface area contributed by atoms with Crippen LogP contribution in [0.25, 0.3) is 0 Å². The molecule has 0 aromatic heterocycles. The molecule has 1 aliphatic rings. The van der Waals surface area contributed by atoms with Gasteiger partial charge in [-0.15, -0.1) is 0 Å². The van der Waals surface area contributed by atoms with Crippen molar-refractivity contribution in [3.63, 3.8) is 0 Å². The van der Waals surface area contributed by atoms with Crippen LogP contribution in [-0.2, 0) is 6.42 Å². The van der Waals surface area contributed by atoms with E-state index < -0.39 is 6.10 Å². The summed E-state index contributed by atoms with van der Waals surface area (Å²) in [5.41, 5.74) is 4.20. The summed E-state index contributed by atoms with van der Waals surface area (Å²) in [6, 6.07) is 6.77. The Kier molecular flexibility index (Phi) is 6.75. The van der Waals surface area contributed by atoms with Crippen LogP contribution in [0.2, 0.25) is 0 Å². The molecule has 2 atom stereocenters. The Labute approximate surface area is 144 Å². The lowest BCUT2D eigenvalue weighted by molar-refractivity contribution is -0.0106. The van der Waals surface area contributed by atoms with Gasteiger partial charge in [-0.2, -0.15) is 0 Å². The van der Waals surface area contributed by atoms with Crippen LogP contribution in [0.4, 0.5) is 4.39 Å². The molecule has 0 saturated carbocycles. The number of rotatable bonds is 8. The molecule has 0 bridgehead atoms. The van der Waals surface area contributed by atoms with E-state index in [9.17, 15) is 9.50 Å². The Morgan fingerprint density at radius 2 is 1.92 bits per heavy atom. The third-order valence-electron chi connectivity index (χ3n) is 4.54. The molecule has 1 aromatic rings. The van der Waals surface area contributed by atoms with Gasteiger partial charge in [0.15, 0.2) is 0 Å². The largest absolute Gasteiger partial charge is 0.390 e. The second kappa shape index (κ2) is 8.58.